The normalized spacial score (nSPS) is 5.27. The Hall–Kier alpha value is -0.370. The SMILES string of the molecule is O.O.O.O.O.O.O=S(=O)([O-])[O-]. The molecule has 0 bridgehead atoms. The summed E-state index contributed by atoms with van der Waals surface area (Å²) in [5, 5.41) is 0. The molecule has 0 aromatic rings. The molecule has 0 spiro atoms. The summed E-state index contributed by atoms with van der Waals surface area (Å²) in [4.78, 5) is 0. The average Bonchev–Trinajstić information content (AvgIpc) is 0.722. The summed E-state index contributed by atoms with van der Waals surface area (Å²) in [6.45, 7) is 0. The van der Waals surface area contributed by atoms with E-state index in [1.165, 1.54) is 0 Å². The van der Waals surface area contributed by atoms with Gasteiger partial charge in [-0.25, -0.2) is 0 Å². The second-order valence-corrected chi connectivity index (χ2v) is 1.22. The standard InChI is InChI=1S/H2O4S.6H2O/c1-5(2,3)4;;;;;;/h(H2,1,2,3,4);6*1H2/p-2. The Morgan fingerprint density at radius 3 is 0.636 bits per heavy atom. The van der Waals surface area contributed by atoms with E-state index in [9.17, 15) is 0 Å². The second-order valence-electron chi connectivity index (χ2n) is 0.408. The lowest BCUT2D eigenvalue weighted by Crippen LogP contribution is -1.91. The van der Waals surface area contributed by atoms with Gasteiger partial charge in [0.25, 0.3) is 0 Å². The smallest absolute Gasteiger partial charge is 0.0311 e. The second kappa shape index (κ2) is 22.6. The van der Waals surface area contributed by atoms with Crippen LogP contribution in [0.2, 0.25) is 0 Å². The van der Waals surface area contributed by atoms with Crippen LogP contribution in [0.1, 0.15) is 0 Å². The third-order valence-electron chi connectivity index (χ3n) is 0. The Labute approximate surface area is 61.9 Å². The molecule has 0 aliphatic carbocycles. The lowest BCUT2D eigenvalue weighted by atomic mass is 15.8. The van der Waals surface area contributed by atoms with Crippen molar-refractivity contribution in [3.63, 3.8) is 0 Å². The molecule has 10 nitrogen and oxygen atoms in total. The molecule has 0 fully saturated rings. The van der Waals surface area contributed by atoms with Crippen LogP contribution in [0.3, 0.4) is 0 Å². The zero-order chi connectivity index (χ0) is 4.50. The van der Waals surface area contributed by atoms with Gasteiger partial charge in [0.1, 0.15) is 0 Å². The highest BCUT2D eigenvalue weighted by Crippen LogP contribution is 1.57. The zero-order valence-electron chi connectivity index (χ0n) is 5.04. The van der Waals surface area contributed by atoms with Crippen molar-refractivity contribution in [2.45, 2.75) is 0 Å². The van der Waals surface area contributed by atoms with Gasteiger partial charge in [-0.3, -0.25) is 8.42 Å². The molecule has 0 heterocycles. The van der Waals surface area contributed by atoms with E-state index >= 15 is 0 Å². The van der Waals surface area contributed by atoms with Gasteiger partial charge in [0.2, 0.25) is 0 Å². The third kappa shape index (κ3) is 4100. The highest BCUT2D eigenvalue weighted by atomic mass is 32.3. The van der Waals surface area contributed by atoms with Crippen LogP contribution >= 0.6 is 0 Å². The summed E-state index contributed by atoms with van der Waals surface area (Å²) < 4.78 is 34.1. The molecule has 80 valence electrons. The summed E-state index contributed by atoms with van der Waals surface area (Å²) >= 11 is 0. The molecule has 0 aromatic heterocycles. The Balaban J connectivity index is -0.00000000533. The van der Waals surface area contributed by atoms with Gasteiger partial charge in [0.15, 0.2) is 0 Å². The maximum atomic E-state index is 8.52. The van der Waals surface area contributed by atoms with Crippen molar-refractivity contribution in [3.05, 3.63) is 0 Å². The summed E-state index contributed by atoms with van der Waals surface area (Å²) in [6, 6.07) is 0. The van der Waals surface area contributed by atoms with E-state index in [2.05, 4.69) is 0 Å². The lowest BCUT2D eigenvalue weighted by molar-refractivity contribution is 0.352. The first-order chi connectivity index (χ1) is 2.00. The average molecular weight is 204 g/mol. The van der Waals surface area contributed by atoms with Crippen molar-refractivity contribution in [2.24, 2.45) is 0 Å². The predicted molar refractivity (Wildman–Crippen MR) is 32.2 cm³/mol. The third-order valence-corrected chi connectivity index (χ3v) is 0. The van der Waals surface area contributed by atoms with Crippen molar-refractivity contribution in [3.8, 4) is 0 Å². The quantitative estimate of drug-likeness (QED) is 0.274. The minimum atomic E-state index is -5.17. The van der Waals surface area contributed by atoms with Crippen molar-refractivity contribution in [1.82, 2.24) is 0 Å². The number of hydrogen-bond donors (Lipinski definition) is 0. The highest BCUT2D eigenvalue weighted by Gasteiger charge is 1.49. The molecule has 0 aliphatic heterocycles. The van der Waals surface area contributed by atoms with E-state index in [0.29, 0.717) is 0 Å². The molecule has 11 heteroatoms. The fourth-order valence-electron chi connectivity index (χ4n) is 0. The summed E-state index contributed by atoms with van der Waals surface area (Å²) in [7, 11) is -5.17. The Morgan fingerprint density at radius 2 is 0.636 bits per heavy atom. The summed E-state index contributed by atoms with van der Waals surface area (Å²) in [5.41, 5.74) is 0. The fourth-order valence-corrected chi connectivity index (χ4v) is 0. The predicted octanol–water partition coefficient (Wildman–Crippen LogP) is -6.29. The van der Waals surface area contributed by atoms with Crippen LogP contribution in [-0.4, -0.2) is 50.4 Å². The first kappa shape index (κ1) is 74.8. The van der Waals surface area contributed by atoms with Crippen molar-refractivity contribution in [2.75, 3.05) is 0 Å². The van der Waals surface area contributed by atoms with Gasteiger partial charge in [-0.2, -0.15) is 0 Å². The molecular formula is H12O10S-2. The van der Waals surface area contributed by atoms with Gasteiger partial charge in [-0.15, -0.1) is 0 Å². The van der Waals surface area contributed by atoms with Crippen LogP contribution in [0.4, 0.5) is 0 Å². The van der Waals surface area contributed by atoms with Gasteiger partial charge in [-0.1, -0.05) is 0 Å². The molecule has 11 heavy (non-hydrogen) atoms. The monoisotopic (exact) mass is 204 g/mol. The van der Waals surface area contributed by atoms with Crippen molar-refractivity contribution in [1.29, 1.82) is 0 Å². The van der Waals surface area contributed by atoms with E-state index < -0.39 is 10.4 Å². The molecular weight excluding hydrogens is 192 g/mol. The van der Waals surface area contributed by atoms with Gasteiger partial charge in [-0.05, 0) is 0 Å². The molecule has 0 aromatic carbocycles. The van der Waals surface area contributed by atoms with Gasteiger partial charge >= 0.3 is 0 Å². The van der Waals surface area contributed by atoms with Gasteiger partial charge in [0.05, 0.1) is 0 Å². The van der Waals surface area contributed by atoms with E-state index in [4.69, 9.17) is 17.5 Å². The van der Waals surface area contributed by atoms with E-state index in [1.54, 1.807) is 0 Å². The first-order valence-corrected chi connectivity index (χ1v) is 2.00. The van der Waals surface area contributed by atoms with Crippen molar-refractivity contribution >= 4 is 10.4 Å². The molecule has 0 aliphatic rings. The molecule has 0 amide bonds. The summed E-state index contributed by atoms with van der Waals surface area (Å²) in [6.07, 6.45) is 0. The van der Waals surface area contributed by atoms with E-state index in [1.807, 2.05) is 0 Å². The zero-order valence-corrected chi connectivity index (χ0v) is 5.86. The van der Waals surface area contributed by atoms with Gasteiger partial charge in [0, 0.05) is 10.4 Å². The molecule has 0 atom stereocenters. The lowest BCUT2D eigenvalue weighted by Gasteiger charge is -2.06. The van der Waals surface area contributed by atoms with Crippen LogP contribution < -0.4 is 0 Å². The largest absolute Gasteiger partial charge is 0.759 e. The van der Waals surface area contributed by atoms with E-state index in [-0.39, 0.29) is 32.9 Å². The van der Waals surface area contributed by atoms with Crippen LogP contribution in [0, 0.1) is 0 Å². The molecule has 0 rings (SSSR count). The molecule has 0 radical (unpaired) electrons. The molecule has 12 N–H and O–H groups in total. The fraction of sp³-hybridized carbons (Fsp3) is 0. The van der Waals surface area contributed by atoms with Gasteiger partial charge < -0.3 is 42.0 Å². The van der Waals surface area contributed by atoms with E-state index in [0.717, 1.165) is 0 Å². The maximum Gasteiger partial charge on any atom is 0.0311 e. The molecule has 0 saturated carbocycles. The number of hydrogen-bond acceptors (Lipinski definition) is 4. The van der Waals surface area contributed by atoms with Crippen molar-refractivity contribution < 1.29 is 50.4 Å². The Kier molecular flexibility index (Phi) is 154. The minimum absolute atomic E-state index is 0. The minimum Gasteiger partial charge on any atom is -0.759 e. The summed E-state index contributed by atoms with van der Waals surface area (Å²) in [5.74, 6) is 0. The van der Waals surface area contributed by atoms with Crippen LogP contribution in [0.25, 0.3) is 0 Å². The molecule has 0 saturated heterocycles. The van der Waals surface area contributed by atoms with Crippen LogP contribution in [0.15, 0.2) is 0 Å². The maximum absolute atomic E-state index is 8.52. The number of rotatable bonds is 0. The van der Waals surface area contributed by atoms with Crippen LogP contribution in [0.5, 0.6) is 0 Å². The Morgan fingerprint density at radius 1 is 0.636 bits per heavy atom. The topological polar surface area (TPSA) is 269 Å². The first-order valence-electron chi connectivity index (χ1n) is 0.667. The van der Waals surface area contributed by atoms with Crippen LogP contribution in [-0.2, 0) is 10.4 Å². The Bertz CT molecular complexity index is 88.0. The molecule has 0 unspecified atom stereocenters. The highest BCUT2D eigenvalue weighted by molar-refractivity contribution is 7.79.